The van der Waals surface area contributed by atoms with Gasteiger partial charge in [0.1, 0.15) is 11.5 Å². The fraction of sp³-hybridized carbons (Fsp3) is 0.211. The van der Waals surface area contributed by atoms with Gasteiger partial charge >= 0.3 is 0 Å². The molecule has 0 amide bonds. The van der Waals surface area contributed by atoms with Crippen LogP contribution in [0.25, 0.3) is 10.9 Å². The molecular weight excluding hydrogens is 316 g/mol. The first-order chi connectivity index (χ1) is 11.9. The number of fused-ring (bicyclic) bond motifs is 1. The van der Waals surface area contributed by atoms with Crippen molar-refractivity contribution in [1.29, 1.82) is 0 Å². The van der Waals surface area contributed by atoms with E-state index >= 15 is 0 Å². The number of hydrazine groups is 1. The molecule has 0 aliphatic carbocycles. The van der Waals surface area contributed by atoms with E-state index in [9.17, 15) is 10.2 Å². The van der Waals surface area contributed by atoms with E-state index in [1.165, 1.54) is 6.07 Å². The predicted molar refractivity (Wildman–Crippen MR) is 100 cm³/mol. The van der Waals surface area contributed by atoms with Crippen LogP contribution < -0.4 is 11.3 Å². The van der Waals surface area contributed by atoms with Crippen molar-refractivity contribution in [3.63, 3.8) is 0 Å². The first-order valence-electron chi connectivity index (χ1n) is 8.07. The number of aryl methyl sites for hydroxylation is 1. The zero-order valence-electron chi connectivity index (χ0n) is 14.5. The second kappa shape index (κ2) is 6.49. The molecule has 5 N–H and O–H groups in total. The molecule has 6 heteroatoms. The van der Waals surface area contributed by atoms with Crippen LogP contribution in [-0.2, 0) is 7.05 Å². The van der Waals surface area contributed by atoms with Crippen molar-refractivity contribution in [3.8, 4) is 11.5 Å². The van der Waals surface area contributed by atoms with Crippen LogP contribution >= 0.6 is 0 Å². The third-order valence-corrected chi connectivity index (χ3v) is 4.27. The van der Waals surface area contributed by atoms with Gasteiger partial charge in [-0.3, -0.25) is 0 Å². The number of hydrogen-bond donors (Lipinski definition) is 4. The molecule has 0 aliphatic heterocycles. The molecule has 0 unspecified atom stereocenters. The van der Waals surface area contributed by atoms with Gasteiger partial charge in [-0.1, -0.05) is 13.8 Å². The Morgan fingerprint density at radius 1 is 1.12 bits per heavy atom. The Balaban J connectivity index is 2.09. The topological polar surface area (TPSA) is 95.8 Å². The standard InChI is InChI=1S/C19H22N4O2/c1-11(2)14-9-15(18(25)10-17(14)24)19(22-20)21-13-4-5-16-12(8-13)6-7-23(16)3/h4-11,24-25H,20H2,1-3H3,(H,21,22). The van der Waals surface area contributed by atoms with Gasteiger partial charge in [0.25, 0.3) is 0 Å². The van der Waals surface area contributed by atoms with E-state index in [1.807, 2.05) is 55.9 Å². The van der Waals surface area contributed by atoms with Crippen LogP contribution in [0.1, 0.15) is 30.9 Å². The van der Waals surface area contributed by atoms with Gasteiger partial charge in [0.15, 0.2) is 5.84 Å². The summed E-state index contributed by atoms with van der Waals surface area (Å²) < 4.78 is 2.03. The van der Waals surface area contributed by atoms with Crippen LogP contribution in [0, 0.1) is 0 Å². The maximum absolute atomic E-state index is 10.2. The first-order valence-corrected chi connectivity index (χ1v) is 8.07. The quantitative estimate of drug-likeness (QED) is 0.255. The number of nitrogens with zero attached hydrogens (tertiary/aromatic N) is 2. The second-order valence-corrected chi connectivity index (χ2v) is 6.36. The molecule has 0 bridgehead atoms. The molecular formula is C19H22N4O2. The van der Waals surface area contributed by atoms with Crippen LogP contribution in [-0.4, -0.2) is 20.6 Å². The molecule has 1 heterocycles. The van der Waals surface area contributed by atoms with Crippen LogP contribution in [0.2, 0.25) is 0 Å². The van der Waals surface area contributed by atoms with Crippen LogP contribution in [0.4, 0.5) is 5.69 Å². The number of aliphatic imine (C=N–C) groups is 1. The molecule has 0 atom stereocenters. The summed E-state index contributed by atoms with van der Waals surface area (Å²) in [5, 5.41) is 21.3. The summed E-state index contributed by atoms with van der Waals surface area (Å²) in [7, 11) is 1.99. The highest BCUT2D eigenvalue weighted by Gasteiger charge is 2.15. The highest BCUT2D eigenvalue weighted by Crippen LogP contribution is 2.33. The van der Waals surface area contributed by atoms with Gasteiger partial charge in [-0.05, 0) is 41.8 Å². The normalized spacial score (nSPS) is 12.1. The molecule has 25 heavy (non-hydrogen) atoms. The lowest BCUT2D eigenvalue weighted by Crippen LogP contribution is -2.31. The highest BCUT2D eigenvalue weighted by molar-refractivity contribution is 6.03. The Bertz CT molecular complexity index is 957. The molecule has 3 aromatic rings. The molecule has 1 aromatic heterocycles. The lowest BCUT2D eigenvalue weighted by Gasteiger charge is -2.14. The summed E-state index contributed by atoms with van der Waals surface area (Å²) in [6, 6.07) is 10.9. The number of nitrogens with one attached hydrogen (secondary N) is 1. The number of phenolic OH excluding ortho intramolecular Hbond substituents is 2. The second-order valence-electron chi connectivity index (χ2n) is 6.36. The number of amidine groups is 1. The highest BCUT2D eigenvalue weighted by atomic mass is 16.3. The number of aromatic nitrogens is 1. The van der Waals surface area contributed by atoms with Gasteiger partial charge < -0.3 is 20.2 Å². The zero-order chi connectivity index (χ0) is 18.1. The lowest BCUT2D eigenvalue weighted by molar-refractivity contribution is 0.443. The predicted octanol–water partition coefficient (Wildman–Crippen LogP) is 3.25. The molecule has 130 valence electrons. The average molecular weight is 338 g/mol. The minimum atomic E-state index is -0.0839. The number of aromatic hydroxyl groups is 2. The van der Waals surface area contributed by atoms with Crippen molar-refractivity contribution in [2.45, 2.75) is 19.8 Å². The third kappa shape index (κ3) is 3.16. The molecule has 0 saturated carbocycles. The van der Waals surface area contributed by atoms with Crippen LogP contribution in [0.3, 0.4) is 0 Å². The van der Waals surface area contributed by atoms with E-state index in [1.54, 1.807) is 6.07 Å². The number of nitrogens with two attached hydrogens (primary N) is 1. The minimum absolute atomic E-state index is 0.0540. The minimum Gasteiger partial charge on any atom is -0.508 e. The van der Waals surface area contributed by atoms with E-state index in [4.69, 9.17) is 5.84 Å². The van der Waals surface area contributed by atoms with Gasteiger partial charge in [0, 0.05) is 30.2 Å². The van der Waals surface area contributed by atoms with Crippen molar-refractivity contribution >= 4 is 22.4 Å². The number of hydrogen-bond acceptors (Lipinski definition) is 4. The molecule has 0 radical (unpaired) electrons. The van der Waals surface area contributed by atoms with Crippen LogP contribution in [0.5, 0.6) is 11.5 Å². The van der Waals surface area contributed by atoms with E-state index in [0.717, 1.165) is 10.9 Å². The Morgan fingerprint density at radius 3 is 2.56 bits per heavy atom. The van der Waals surface area contributed by atoms with Gasteiger partial charge in [-0.15, -0.1) is 0 Å². The first kappa shape index (κ1) is 16.9. The van der Waals surface area contributed by atoms with Crippen molar-refractivity contribution in [1.82, 2.24) is 9.99 Å². The lowest BCUT2D eigenvalue weighted by atomic mass is 9.98. The van der Waals surface area contributed by atoms with Crippen LogP contribution in [0.15, 0.2) is 47.6 Å². The van der Waals surface area contributed by atoms with E-state index in [0.29, 0.717) is 22.6 Å². The maximum atomic E-state index is 10.2. The van der Waals surface area contributed by atoms with E-state index in [2.05, 4.69) is 10.4 Å². The Kier molecular flexibility index (Phi) is 4.37. The van der Waals surface area contributed by atoms with Gasteiger partial charge in [-0.25, -0.2) is 10.8 Å². The van der Waals surface area contributed by atoms with E-state index in [-0.39, 0.29) is 17.4 Å². The van der Waals surface area contributed by atoms with E-state index < -0.39 is 0 Å². The SMILES string of the molecule is CC(C)c1cc(C(=Nc2ccc3c(ccn3C)c2)NN)c(O)cc1O. The summed E-state index contributed by atoms with van der Waals surface area (Å²) in [5.74, 6) is 6.04. The fourth-order valence-electron chi connectivity index (χ4n) is 2.88. The average Bonchev–Trinajstić information content (AvgIpc) is 2.93. The summed E-state index contributed by atoms with van der Waals surface area (Å²) >= 11 is 0. The summed E-state index contributed by atoms with van der Waals surface area (Å²) in [6.07, 6.45) is 1.99. The Morgan fingerprint density at radius 2 is 1.88 bits per heavy atom. The third-order valence-electron chi connectivity index (χ3n) is 4.27. The molecule has 6 nitrogen and oxygen atoms in total. The Labute approximate surface area is 146 Å². The molecule has 0 aliphatic rings. The molecule has 3 rings (SSSR count). The number of rotatable bonds is 3. The number of phenols is 2. The molecule has 0 spiro atoms. The molecule has 2 aromatic carbocycles. The van der Waals surface area contributed by atoms with Crippen molar-refractivity contribution in [2.75, 3.05) is 0 Å². The summed E-state index contributed by atoms with van der Waals surface area (Å²) in [4.78, 5) is 4.53. The monoisotopic (exact) mass is 338 g/mol. The Hall–Kier alpha value is -2.99. The largest absolute Gasteiger partial charge is 0.508 e. The van der Waals surface area contributed by atoms with Gasteiger partial charge in [0.05, 0.1) is 11.3 Å². The van der Waals surface area contributed by atoms with Gasteiger partial charge in [0.2, 0.25) is 0 Å². The fourth-order valence-corrected chi connectivity index (χ4v) is 2.88. The van der Waals surface area contributed by atoms with Crippen molar-refractivity contribution in [3.05, 3.63) is 53.7 Å². The zero-order valence-corrected chi connectivity index (χ0v) is 14.5. The smallest absolute Gasteiger partial charge is 0.151 e. The van der Waals surface area contributed by atoms with Gasteiger partial charge in [-0.2, -0.15) is 0 Å². The van der Waals surface area contributed by atoms with Crippen molar-refractivity contribution < 1.29 is 10.2 Å². The van der Waals surface area contributed by atoms with Crippen molar-refractivity contribution in [2.24, 2.45) is 17.9 Å². The maximum Gasteiger partial charge on any atom is 0.151 e. The number of benzene rings is 2. The molecule has 0 fully saturated rings. The summed E-state index contributed by atoms with van der Waals surface area (Å²) in [6.45, 7) is 3.93. The summed E-state index contributed by atoms with van der Waals surface area (Å²) in [5.41, 5.74) is 5.53. The molecule has 0 saturated heterocycles.